The van der Waals surface area contributed by atoms with Crippen molar-refractivity contribution >= 4 is 46.6 Å². The van der Waals surface area contributed by atoms with Crippen LogP contribution in [0.5, 0.6) is 0 Å². The van der Waals surface area contributed by atoms with Crippen LogP contribution in [0.1, 0.15) is 29.3 Å². The summed E-state index contributed by atoms with van der Waals surface area (Å²) in [6.45, 7) is 4.43. The van der Waals surface area contributed by atoms with Crippen molar-refractivity contribution in [3.8, 4) is 0 Å². The lowest BCUT2D eigenvalue weighted by Crippen LogP contribution is -2.34. The lowest BCUT2D eigenvalue weighted by atomic mass is 10.2. The normalized spacial score (nSPS) is 10.8. The van der Waals surface area contributed by atoms with Crippen molar-refractivity contribution in [2.24, 2.45) is 0 Å². The molecule has 0 heterocycles. The van der Waals surface area contributed by atoms with E-state index in [1.165, 1.54) is 40.7 Å². The predicted molar refractivity (Wildman–Crippen MR) is 127 cm³/mol. The van der Waals surface area contributed by atoms with Gasteiger partial charge < -0.3 is 15.4 Å². The number of carbonyl (C=O) groups is 3. The molecule has 3 N–H and O–H groups in total. The van der Waals surface area contributed by atoms with Crippen molar-refractivity contribution in [3.63, 3.8) is 0 Å². The second-order valence-corrected chi connectivity index (χ2v) is 9.06. The van der Waals surface area contributed by atoms with Crippen LogP contribution < -0.4 is 15.4 Å². The van der Waals surface area contributed by atoms with Crippen LogP contribution in [0.15, 0.2) is 53.4 Å². The number of amides is 4. The predicted octanol–water partition coefficient (Wildman–Crippen LogP) is 2.93. The van der Waals surface area contributed by atoms with Gasteiger partial charge >= 0.3 is 18.0 Å². The van der Waals surface area contributed by atoms with Gasteiger partial charge in [0.05, 0.1) is 17.1 Å². The van der Waals surface area contributed by atoms with Crippen molar-refractivity contribution in [3.05, 3.63) is 59.7 Å². The van der Waals surface area contributed by atoms with Crippen LogP contribution in [-0.4, -0.2) is 50.5 Å². The van der Waals surface area contributed by atoms with Crippen molar-refractivity contribution in [2.75, 3.05) is 25.0 Å². The van der Waals surface area contributed by atoms with E-state index in [1.54, 1.807) is 19.1 Å². The number of thiol groups is 1. The minimum absolute atomic E-state index is 0.0476. The summed E-state index contributed by atoms with van der Waals surface area (Å²) in [5, 5.41) is 5.01. The molecule has 0 aliphatic heterocycles. The molecule has 12 heteroatoms. The molecule has 0 saturated carbocycles. The summed E-state index contributed by atoms with van der Waals surface area (Å²) in [6, 6.07) is 10.6. The number of nitrogens with zero attached hydrogens (tertiary/aromatic N) is 1. The van der Waals surface area contributed by atoms with Gasteiger partial charge in [0.25, 0.3) is 10.0 Å². The maximum Gasteiger partial charge on any atom is 0.338 e. The maximum absolute atomic E-state index is 12.3. The molecule has 0 radical (unpaired) electrons. The topological polar surface area (TPSA) is 134 Å². The molecule has 0 aromatic heterocycles. The Hall–Kier alpha value is -3.25. The third-order valence-electron chi connectivity index (χ3n) is 4.28. The van der Waals surface area contributed by atoms with Gasteiger partial charge in [-0.1, -0.05) is 36.6 Å². The zero-order chi connectivity index (χ0) is 24.4. The number of sulfonamides is 1. The summed E-state index contributed by atoms with van der Waals surface area (Å²) < 4.78 is 32.9. The zero-order valence-electron chi connectivity index (χ0n) is 18.2. The Bertz CT molecular complexity index is 1090. The number of hydrogen-bond acceptors (Lipinski definition) is 7. The highest BCUT2D eigenvalue weighted by atomic mass is 32.2. The molecule has 2 rings (SSSR count). The maximum atomic E-state index is 12.3. The summed E-state index contributed by atoms with van der Waals surface area (Å²) in [5.74, 6) is -0.623. The molecule has 0 fully saturated rings. The molecule has 0 aliphatic carbocycles. The number of rotatable bonds is 9. The van der Waals surface area contributed by atoms with Crippen molar-refractivity contribution in [1.82, 2.24) is 14.3 Å². The van der Waals surface area contributed by atoms with Crippen LogP contribution in [0.2, 0.25) is 0 Å². The van der Waals surface area contributed by atoms with Crippen LogP contribution in [0.25, 0.3) is 0 Å². The van der Waals surface area contributed by atoms with Gasteiger partial charge in [-0.2, -0.15) is 0 Å². The molecule has 0 atom stereocenters. The van der Waals surface area contributed by atoms with Crippen LogP contribution in [0.4, 0.5) is 15.3 Å². The third kappa shape index (κ3) is 8.31. The minimum atomic E-state index is -4.05. The van der Waals surface area contributed by atoms with E-state index in [1.807, 2.05) is 11.6 Å². The van der Waals surface area contributed by atoms with Gasteiger partial charge in [0.2, 0.25) is 0 Å². The van der Waals surface area contributed by atoms with E-state index in [4.69, 9.17) is 4.74 Å². The average Bonchev–Trinajstić information content (AvgIpc) is 2.78. The Labute approximate surface area is 198 Å². The molecule has 2 aromatic rings. The number of carbonyl (C=O) groups excluding carboxylic acids is 3. The van der Waals surface area contributed by atoms with Crippen molar-refractivity contribution in [2.45, 2.75) is 25.2 Å². The summed E-state index contributed by atoms with van der Waals surface area (Å²) in [5.41, 5.74) is 1.26. The highest BCUT2D eigenvalue weighted by Crippen LogP contribution is 2.13. The Morgan fingerprint density at radius 1 is 1.09 bits per heavy atom. The first-order chi connectivity index (χ1) is 15.6. The van der Waals surface area contributed by atoms with E-state index in [-0.39, 0.29) is 28.8 Å². The van der Waals surface area contributed by atoms with E-state index in [2.05, 4.69) is 23.4 Å². The number of urea groups is 2. The van der Waals surface area contributed by atoms with Gasteiger partial charge in [0.1, 0.15) is 0 Å². The van der Waals surface area contributed by atoms with E-state index >= 15 is 0 Å². The molecule has 2 aromatic carbocycles. The van der Waals surface area contributed by atoms with Gasteiger partial charge in [0.15, 0.2) is 0 Å². The van der Waals surface area contributed by atoms with Gasteiger partial charge in [-0.3, -0.25) is 4.31 Å². The van der Waals surface area contributed by atoms with Gasteiger partial charge in [-0.05, 0) is 50.6 Å². The van der Waals surface area contributed by atoms with Crippen molar-refractivity contribution < 1.29 is 27.5 Å². The number of ether oxygens (including phenoxy) is 1. The van der Waals surface area contributed by atoms with Gasteiger partial charge in [-0.25, -0.2) is 27.5 Å². The Balaban J connectivity index is 1.85. The van der Waals surface area contributed by atoms with E-state index in [0.717, 1.165) is 5.56 Å². The number of anilines is 1. The molecule has 0 spiro atoms. The van der Waals surface area contributed by atoms with Crippen LogP contribution in [-0.2, 0) is 14.8 Å². The van der Waals surface area contributed by atoms with E-state index < -0.39 is 22.0 Å². The third-order valence-corrected chi connectivity index (χ3v) is 6.09. The standard InChI is InChI=1S/C21H26N4O6S2/c1-3-25(32)21(28)22-12-5-13-31-19(26)16-6-4-7-17(14-16)23-20(27)24-33(29,30)18-10-8-15(2)9-11-18/h4,6-11,14,32H,3,5,12-13H2,1-2H3,(H,22,28)(H2,23,24,27). The van der Waals surface area contributed by atoms with Crippen LogP contribution >= 0.6 is 12.8 Å². The van der Waals surface area contributed by atoms with E-state index in [0.29, 0.717) is 19.5 Å². The molecular weight excluding hydrogens is 468 g/mol. The fourth-order valence-electron chi connectivity index (χ4n) is 2.53. The largest absolute Gasteiger partial charge is 0.462 e. The van der Waals surface area contributed by atoms with E-state index in [9.17, 15) is 22.8 Å². The number of nitrogens with one attached hydrogen (secondary N) is 3. The first-order valence-electron chi connectivity index (χ1n) is 10.0. The van der Waals surface area contributed by atoms with Crippen LogP contribution in [0.3, 0.4) is 0 Å². The first-order valence-corrected chi connectivity index (χ1v) is 11.9. The lowest BCUT2D eigenvalue weighted by Gasteiger charge is -2.13. The summed E-state index contributed by atoms with van der Waals surface area (Å²) in [6.07, 6.45) is 0.403. The first kappa shape index (κ1) is 26.0. The summed E-state index contributed by atoms with van der Waals surface area (Å²) in [4.78, 5) is 35.9. The molecule has 0 unspecified atom stereocenters. The van der Waals surface area contributed by atoms with Crippen molar-refractivity contribution in [1.29, 1.82) is 0 Å². The smallest absolute Gasteiger partial charge is 0.338 e. The molecule has 10 nitrogen and oxygen atoms in total. The van der Waals surface area contributed by atoms with Crippen LogP contribution in [0, 0.1) is 6.92 Å². The highest BCUT2D eigenvalue weighted by Gasteiger charge is 2.18. The molecule has 0 bridgehead atoms. The fraction of sp³-hybridized carbons (Fsp3) is 0.286. The zero-order valence-corrected chi connectivity index (χ0v) is 19.9. The average molecular weight is 495 g/mol. The molecule has 0 aliphatic rings. The SMILES string of the molecule is CCN(S)C(=O)NCCCOC(=O)c1cccc(NC(=O)NS(=O)(=O)c2ccc(C)cc2)c1. The Morgan fingerprint density at radius 3 is 2.45 bits per heavy atom. The number of aryl methyl sites for hydroxylation is 1. The molecule has 33 heavy (non-hydrogen) atoms. The summed E-state index contributed by atoms with van der Waals surface area (Å²) >= 11 is 3.98. The molecule has 4 amide bonds. The fourth-order valence-corrected chi connectivity index (χ4v) is 3.51. The highest BCUT2D eigenvalue weighted by molar-refractivity contribution is 7.90. The molecule has 178 valence electrons. The Kier molecular flexibility index (Phi) is 9.55. The minimum Gasteiger partial charge on any atom is -0.462 e. The second kappa shape index (κ2) is 12.1. The monoisotopic (exact) mass is 494 g/mol. The lowest BCUT2D eigenvalue weighted by molar-refractivity contribution is 0.0501. The van der Waals surface area contributed by atoms with Gasteiger partial charge in [-0.15, -0.1) is 0 Å². The number of esters is 1. The summed E-state index contributed by atoms with van der Waals surface area (Å²) in [7, 11) is -4.05. The Morgan fingerprint density at radius 2 is 1.79 bits per heavy atom. The molecular formula is C21H26N4O6S2. The quantitative estimate of drug-likeness (QED) is 0.241. The molecule has 0 saturated heterocycles. The van der Waals surface area contributed by atoms with Gasteiger partial charge in [0, 0.05) is 18.8 Å². The second-order valence-electron chi connectivity index (χ2n) is 6.89. The number of benzene rings is 2. The number of hydrogen-bond donors (Lipinski definition) is 4.